The molecule has 20 heavy (non-hydrogen) atoms. The Labute approximate surface area is 127 Å². The molecule has 1 aromatic rings. The predicted molar refractivity (Wildman–Crippen MR) is 87.1 cm³/mol. The zero-order valence-electron chi connectivity index (χ0n) is 13.2. The fourth-order valence-electron chi connectivity index (χ4n) is 1.85. The van der Waals surface area contributed by atoms with E-state index in [9.17, 15) is 4.79 Å². The molecule has 0 aliphatic carbocycles. The van der Waals surface area contributed by atoms with Crippen LogP contribution in [0.2, 0.25) is 0 Å². The number of hydrogen-bond donors (Lipinski definition) is 1. The van der Waals surface area contributed by atoms with Crippen LogP contribution in [0.4, 0.5) is 0 Å². The Morgan fingerprint density at radius 3 is 2.40 bits per heavy atom. The van der Waals surface area contributed by atoms with Gasteiger partial charge in [-0.2, -0.15) is 0 Å². The largest absolute Gasteiger partial charge is 0.350 e. The quantitative estimate of drug-likeness (QED) is 0.784. The Bertz CT molecular complexity index is 429. The molecule has 0 saturated carbocycles. The Morgan fingerprint density at radius 2 is 1.90 bits per heavy atom. The van der Waals surface area contributed by atoms with Gasteiger partial charge in [0.1, 0.15) is 0 Å². The first-order chi connectivity index (χ1) is 9.36. The fraction of sp³-hybridized carbons (Fsp3) is 0.562. The Morgan fingerprint density at radius 1 is 1.30 bits per heavy atom. The van der Waals surface area contributed by atoms with E-state index in [4.69, 9.17) is 0 Å². The van der Waals surface area contributed by atoms with E-state index in [1.54, 1.807) is 11.8 Å². The summed E-state index contributed by atoms with van der Waals surface area (Å²) in [6.45, 7) is 7.39. The van der Waals surface area contributed by atoms with Crippen molar-refractivity contribution in [2.75, 3.05) is 19.8 Å². The first-order valence-corrected chi connectivity index (χ1v) is 8.21. The van der Waals surface area contributed by atoms with Crippen LogP contribution < -0.4 is 5.32 Å². The molecule has 0 bridgehead atoms. The van der Waals surface area contributed by atoms with Gasteiger partial charge in [-0.1, -0.05) is 19.1 Å². The molecule has 1 rings (SSSR count). The molecule has 3 nitrogen and oxygen atoms in total. The summed E-state index contributed by atoms with van der Waals surface area (Å²) in [7, 11) is 1.97. The van der Waals surface area contributed by atoms with Gasteiger partial charge >= 0.3 is 0 Å². The summed E-state index contributed by atoms with van der Waals surface area (Å²) in [6.07, 6.45) is 3.00. The summed E-state index contributed by atoms with van der Waals surface area (Å²) in [5.74, 6) is 0.0834. The van der Waals surface area contributed by atoms with Gasteiger partial charge in [-0.15, -0.1) is 11.8 Å². The number of benzene rings is 1. The number of rotatable bonds is 7. The summed E-state index contributed by atoms with van der Waals surface area (Å²) in [6, 6.07) is 8.48. The molecular formula is C16H26N2OS. The second-order valence-corrected chi connectivity index (χ2v) is 6.69. The van der Waals surface area contributed by atoms with Crippen molar-refractivity contribution < 1.29 is 4.79 Å². The number of amides is 1. The van der Waals surface area contributed by atoms with Crippen LogP contribution in [0.25, 0.3) is 0 Å². The van der Waals surface area contributed by atoms with Crippen LogP contribution >= 0.6 is 11.8 Å². The molecule has 1 amide bonds. The van der Waals surface area contributed by atoms with E-state index < -0.39 is 0 Å². The highest BCUT2D eigenvalue weighted by atomic mass is 32.2. The average Bonchev–Trinajstić information content (AvgIpc) is 2.38. The zero-order valence-corrected chi connectivity index (χ0v) is 14.0. The molecule has 4 heteroatoms. The van der Waals surface area contributed by atoms with Gasteiger partial charge in [0.25, 0.3) is 0 Å². The van der Waals surface area contributed by atoms with E-state index in [2.05, 4.69) is 42.8 Å². The normalized spacial score (nSPS) is 11.7. The van der Waals surface area contributed by atoms with E-state index >= 15 is 0 Å². The number of likely N-dealkylation sites (N-methyl/N-ethyl adjacent to an activating group) is 1. The highest BCUT2D eigenvalue weighted by Gasteiger charge is 2.18. The first-order valence-electron chi connectivity index (χ1n) is 6.99. The van der Waals surface area contributed by atoms with Crippen molar-refractivity contribution in [1.29, 1.82) is 0 Å². The van der Waals surface area contributed by atoms with Crippen LogP contribution in [0.5, 0.6) is 0 Å². The van der Waals surface area contributed by atoms with Gasteiger partial charge < -0.3 is 5.32 Å². The van der Waals surface area contributed by atoms with Crippen molar-refractivity contribution >= 4 is 17.7 Å². The minimum Gasteiger partial charge on any atom is -0.350 e. The van der Waals surface area contributed by atoms with Gasteiger partial charge in [-0.25, -0.2) is 0 Å². The average molecular weight is 294 g/mol. The van der Waals surface area contributed by atoms with Crippen LogP contribution in [0.15, 0.2) is 29.2 Å². The second kappa shape index (κ2) is 7.70. The fourth-order valence-corrected chi connectivity index (χ4v) is 2.26. The number of hydrogen-bond acceptors (Lipinski definition) is 3. The second-order valence-electron chi connectivity index (χ2n) is 5.81. The number of carbonyl (C=O) groups excluding carboxylic acids is 1. The van der Waals surface area contributed by atoms with Crippen molar-refractivity contribution in [3.63, 3.8) is 0 Å². The summed E-state index contributed by atoms with van der Waals surface area (Å²) >= 11 is 1.74. The molecule has 0 fully saturated rings. The number of thioether (sulfide) groups is 1. The molecule has 0 unspecified atom stereocenters. The van der Waals surface area contributed by atoms with Crippen LogP contribution in [0.1, 0.15) is 32.8 Å². The van der Waals surface area contributed by atoms with Crippen LogP contribution in [0, 0.1) is 0 Å². The molecule has 0 heterocycles. The van der Waals surface area contributed by atoms with Crippen molar-refractivity contribution in [1.82, 2.24) is 10.2 Å². The Hall–Kier alpha value is -1.00. The van der Waals surface area contributed by atoms with E-state index in [0.29, 0.717) is 6.54 Å². The van der Waals surface area contributed by atoms with Crippen molar-refractivity contribution in [2.45, 2.75) is 44.2 Å². The smallest absolute Gasteiger partial charge is 0.234 e. The lowest BCUT2D eigenvalue weighted by molar-refractivity contribution is -0.123. The maximum atomic E-state index is 12.0. The molecule has 0 atom stereocenters. The molecule has 0 aromatic heterocycles. The third-order valence-electron chi connectivity index (χ3n) is 3.39. The van der Waals surface area contributed by atoms with Crippen molar-refractivity contribution in [3.8, 4) is 0 Å². The standard InChI is InChI=1S/C16H26N2OS/c1-6-16(2,3)17-15(19)12-18(4)11-13-7-9-14(20-5)10-8-13/h7-10H,6,11-12H2,1-5H3,(H,17,19). The number of nitrogens with one attached hydrogen (secondary N) is 1. The van der Waals surface area contributed by atoms with E-state index in [0.717, 1.165) is 13.0 Å². The Balaban J connectivity index is 2.46. The zero-order chi connectivity index (χ0) is 15.2. The lowest BCUT2D eigenvalue weighted by atomic mass is 10.0. The summed E-state index contributed by atoms with van der Waals surface area (Å²) in [5.41, 5.74) is 1.10. The van der Waals surface area contributed by atoms with Gasteiger partial charge in [-0.3, -0.25) is 9.69 Å². The minimum absolute atomic E-state index is 0.0834. The van der Waals surface area contributed by atoms with Gasteiger partial charge in [0.2, 0.25) is 5.91 Å². The molecule has 0 spiro atoms. The topological polar surface area (TPSA) is 32.3 Å². The highest BCUT2D eigenvalue weighted by molar-refractivity contribution is 7.98. The first kappa shape index (κ1) is 17.1. The molecule has 1 N–H and O–H groups in total. The molecular weight excluding hydrogens is 268 g/mol. The number of carbonyl (C=O) groups is 1. The lowest BCUT2D eigenvalue weighted by Gasteiger charge is -2.26. The van der Waals surface area contributed by atoms with Crippen LogP contribution in [-0.2, 0) is 11.3 Å². The predicted octanol–water partition coefficient (Wildman–Crippen LogP) is 3.15. The third kappa shape index (κ3) is 5.97. The molecule has 0 saturated heterocycles. The van der Waals surface area contributed by atoms with E-state index in [1.807, 2.05) is 25.8 Å². The number of nitrogens with zero attached hydrogens (tertiary/aromatic N) is 1. The van der Waals surface area contributed by atoms with Crippen molar-refractivity contribution in [3.05, 3.63) is 29.8 Å². The lowest BCUT2D eigenvalue weighted by Crippen LogP contribution is -2.46. The molecule has 0 radical (unpaired) electrons. The van der Waals surface area contributed by atoms with Gasteiger partial charge in [0.15, 0.2) is 0 Å². The molecule has 0 aliphatic heterocycles. The maximum absolute atomic E-state index is 12.0. The van der Waals surface area contributed by atoms with E-state index in [1.165, 1.54) is 10.5 Å². The van der Waals surface area contributed by atoms with Gasteiger partial charge in [-0.05, 0) is 51.3 Å². The van der Waals surface area contributed by atoms with E-state index in [-0.39, 0.29) is 11.4 Å². The monoisotopic (exact) mass is 294 g/mol. The third-order valence-corrected chi connectivity index (χ3v) is 4.13. The van der Waals surface area contributed by atoms with Crippen LogP contribution in [-0.4, -0.2) is 36.2 Å². The van der Waals surface area contributed by atoms with Gasteiger partial charge in [0.05, 0.1) is 6.54 Å². The SMILES string of the molecule is CCC(C)(C)NC(=O)CN(C)Cc1ccc(SC)cc1. The van der Waals surface area contributed by atoms with Gasteiger partial charge in [0, 0.05) is 17.0 Å². The molecule has 112 valence electrons. The van der Waals surface area contributed by atoms with Crippen LogP contribution in [0.3, 0.4) is 0 Å². The Kier molecular flexibility index (Phi) is 6.56. The maximum Gasteiger partial charge on any atom is 0.234 e. The van der Waals surface area contributed by atoms with Crippen molar-refractivity contribution in [2.24, 2.45) is 0 Å². The summed E-state index contributed by atoms with van der Waals surface area (Å²) in [4.78, 5) is 15.3. The minimum atomic E-state index is -0.127. The summed E-state index contributed by atoms with van der Waals surface area (Å²) in [5, 5.41) is 3.06. The highest BCUT2D eigenvalue weighted by Crippen LogP contribution is 2.15. The molecule has 1 aromatic carbocycles. The molecule has 0 aliphatic rings. The summed E-state index contributed by atoms with van der Waals surface area (Å²) < 4.78 is 0.